The molecular weight excluding hydrogens is 523 g/mol. The number of sulfonamides is 1. The van der Waals surface area contributed by atoms with Gasteiger partial charge >= 0.3 is 0 Å². The first-order valence-corrected chi connectivity index (χ1v) is 14.6. The summed E-state index contributed by atoms with van der Waals surface area (Å²) in [5.74, 6) is -0.504. The van der Waals surface area contributed by atoms with Gasteiger partial charge in [0.05, 0.1) is 21.5 Å². The molecule has 0 radical (unpaired) electrons. The first-order chi connectivity index (χ1) is 17.4. The summed E-state index contributed by atoms with van der Waals surface area (Å²) in [6.45, 7) is 1.71. The fraction of sp³-hybridized carbons (Fsp3) is 0.240. The number of carbonyl (C=O) groups is 1. The number of hydrogen-bond acceptors (Lipinski definition) is 7. The van der Waals surface area contributed by atoms with Gasteiger partial charge in [-0.25, -0.2) is 21.2 Å². The van der Waals surface area contributed by atoms with Gasteiger partial charge in [0, 0.05) is 12.3 Å². The Bertz CT molecular complexity index is 1510. The number of carbonyl (C=O) groups excluding carboxylic acids is 1. The highest BCUT2D eigenvalue weighted by Crippen LogP contribution is 2.34. The highest BCUT2D eigenvalue weighted by molar-refractivity contribution is 7.93. The van der Waals surface area contributed by atoms with E-state index in [4.69, 9.17) is 9.47 Å². The Hall–Kier alpha value is -3.64. The predicted molar refractivity (Wildman–Crippen MR) is 134 cm³/mol. The normalized spacial score (nSPS) is 14.0. The minimum Gasteiger partial charge on any atom is -0.486 e. The summed E-state index contributed by atoms with van der Waals surface area (Å²) in [5.41, 5.74) is 0.723. The number of amides is 1. The van der Waals surface area contributed by atoms with Gasteiger partial charge in [-0.15, -0.1) is 0 Å². The summed E-state index contributed by atoms with van der Waals surface area (Å²) in [4.78, 5) is 13.0. The quantitative estimate of drug-likeness (QED) is 0.460. The van der Waals surface area contributed by atoms with E-state index in [0.717, 1.165) is 22.7 Å². The molecule has 0 spiro atoms. The molecular formula is C25H25FN2O7S2. The van der Waals surface area contributed by atoms with Crippen molar-refractivity contribution < 1.29 is 35.5 Å². The number of rotatable bonds is 8. The average molecular weight is 549 g/mol. The lowest BCUT2D eigenvalue weighted by Gasteiger charge is -2.26. The molecule has 0 saturated heterocycles. The fourth-order valence-corrected chi connectivity index (χ4v) is 5.81. The first kappa shape index (κ1) is 26.4. The van der Waals surface area contributed by atoms with Crippen LogP contribution in [0, 0.1) is 5.82 Å². The highest BCUT2D eigenvalue weighted by Gasteiger charge is 2.29. The van der Waals surface area contributed by atoms with Crippen molar-refractivity contribution in [3.63, 3.8) is 0 Å². The second-order valence-electron chi connectivity index (χ2n) is 8.42. The van der Waals surface area contributed by atoms with E-state index in [0.29, 0.717) is 17.9 Å². The SMILES string of the molecule is C[C@@H](NC(=O)CN(c1ccc(F)cc1)S(=O)(=O)c1ccc2c(c1)OCCO2)c1ccc(S(C)(=O)=O)cc1. The van der Waals surface area contributed by atoms with Crippen molar-refractivity contribution >= 4 is 31.5 Å². The molecule has 1 amide bonds. The van der Waals surface area contributed by atoms with Crippen LogP contribution in [0.25, 0.3) is 0 Å². The van der Waals surface area contributed by atoms with Crippen LogP contribution in [0.15, 0.2) is 76.5 Å². The van der Waals surface area contributed by atoms with E-state index in [2.05, 4.69) is 5.32 Å². The molecule has 37 heavy (non-hydrogen) atoms. The molecule has 0 aliphatic carbocycles. The maximum Gasteiger partial charge on any atom is 0.264 e. The predicted octanol–water partition coefficient (Wildman–Crippen LogP) is 3.07. The lowest BCUT2D eigenvalue weighted by atomic mass is 10.1. The average Bonchev–Trinajstić information content (AvgIpc) is 2.87. The summed E-state index contributed by atoms with van der Waals surface area (Å²) >= 11 is 0. The number of halogens is 1. The number of ether oxygens (including phenoxy) is 2. The van der Waals surface area contributed by atoms with E-state index in [9.17, 15) is 26.0 Å². The van der Waals surface area contributed by atoms with Crippen molar-refractivity contribution in [2.24, 2.45) is 0 Å². The zero-order valence-electron chi connectivity index (χ0n) is 20.0. The molecule has 3 aromatic rings. The van der Waals surface area contributed by atoms with Crippen molar-refractivity contribution in [1.82, 2.24) is 5.32 Å². The molecule has 12 heteroatoms. The molecule has 0 saturated carbocycles. The molecule has 9 nitrogen and oxygen atoms in total. The van der Waals surface area contributed by atoms with Crippen LogP contribution >= 0.6 is 0 Å². The Morgan fingerprint density at radius 3 is 2.14 bits per heavy atom. The molecule has 0 bridgehead atoms. The van der Waals surface area contributed by atoms with Gasteiger partial charge in [0.25, 0.3) is 10.0 Å². The zero-order chi connectivity index (χ0) is 26.8. The molecule has 1 heterocycles. The Morgan fingerprint density at radius 2 is 1.51 bits per heavy atom. The van der Waals surface area contributed by atoms with Crippen LogP contribution in [0.4, 0.5) is 10.1 Å². The Labute approximate surface area is 214 Å². The Morgan fingerprint density at radius 1 is 0.919 bits per heavy atom. The number of sulfone groups is 1. The monoisotopic (exact) mass is 548 g/mol. The van der Waals surface area contributed by atoms with Crippen LogP contribution in [-0.4, -0.2) is 48.8 Å². The minimum absolute atomic E-state index is 0.0941. The molecule has 1 aliphatic heterocycles. The van der Waals surface area contributed by atoms with Crippen LogP contribution in [0.3, 0.4) is 0 Å². The molecule has 196 valence electrons. The van der Waals surface area contributed by atoms with Crippen molar-refractivity contribution in [3.8, 4) is 11.5 Å². The number of anilines is 1. The summed E-state index contributed by atoms with van der Waals surface area (Å²) in [6, 6.07) is 14.4. The number of benzene rings is 3. The molecule has 3 aromatic carbocycles. The smallest absolute Gasteiger partial charge is 0.264 e. The largest absolute Gasteiger partial charge is 0.486 e. The van der Waals surface area contributed by atoms with Crippen LogP contribution in [0.1, 0.15) is 18.5 Å². The standard InChI is InChI=1S/C25H25FN2O7S2/c1-17(18-3-9-21(10-4-18)36(2,30)31)27-25(29)16-28(20-7-5-19(26)6-8-20)37(32,33)22-11-12-23-24(15-22)35-14-13-34-23/h3-12,15,17H,13-14,16H2,1-2H3,(H,27,29)/t17-/m1/s1. The van der Waals surface area contributed by atoms with Gasteiger partial charge in [0.15, 0.2) is 21.3 Å². The summed E-state index contributed by atoms with van der Waals surface area (Å²) < 4.78 is 76.0. The second kappa shape index (κ2) is 10.4. The Kier molecular flexibility index (Phi) is 7.42. The topological polar surface area (TPSA) is 119 Å². The molecule has 1 aliphatic rings. The van der Waals surface area contributed by atoms with Gasteiger partial charge in [0.1, 0.15) is 25.6 Å². The maximum atomic E-state index is 13.6. The van der Waals surface area contributed by atoms with E-state index >= 15 is 0 Å². The second-order valence-corrected chi connectivity index (χ2v) is 12.3. The molecule has 1 N–H and O–H groups in total. The third-order valence-corrected chi connectivity index (χ3v) is 8.59. The lowest BCUT2D eigenvalue weighted by molar-refractivity contribution is -0.120. The first-order valence-electron chi connectivity index (χ1n) is 11.2. The molecule has 1 atom stereocenters. The van der Waals surface area contributed by atoms with E-state index in [-0.39, 0.29) is 27.8 Å². The highest BCUT2D eigenvalue weighted by atomic mass is 32.2. The van der Waals surface area contributed by atoms with Crippen LogP contribution in [-0.2, 0) is 24.7 Å². The van der Waals surface area contributed by atoms with Gasteiger partial charge < -0.3 is 14.8 Å². The number of nitrogens with zero attached hydrogens (tertiary/aromatic N) is 1. The van der Waals surface area contributed by atoms with Crippen LogP contribution < -0.4 is 19.1 Å². The number of fused-ring (bicyclic) bond motifs is 1. The lowest BCUT2D eigenvalue weighted by Crippen LogP contribution is -2.41. The maximum absolute atomic E-state index is 13.6. The molecule has 0 aromatic heterocycles. The van der Waals surface area contributed by atoms with E-state index in [1.807, 2.05) is 0 Å². The van der Waals surface area contributed by atoms with E-state index in [1.165, 1.54) is 42.5 Å². The Balaban J connectivity index is 1.59. The molecule has 0 fully saturated rings. The molecule has 0 unspecified atom stereocenters. The van der Waals surface area contributed by atoms with Crippen molar-refractivity contribution in [1.29, 1.82) is 0 Å². The van der Waals surface area contributed by atoms with Gasteiger partial charge in [-0.1, -0.05) is 12.1 Å². The molecule has 4 rings (SSSR count). The third-order valence-electron chi connectivity index (χ3n) is 5.69. The third kappa shape index (κ3) is 6.03. The van der Waals surface area contributed by atoms with Gasteiger partial charge in [-0.05, 0) is 61.0 Å². The number of hydrogen-bond donors (Lipinski definition) is 1. The van der Waals surface area contributed by atoms with Crippen LogP contribution in [0.5, 0.6) is 11.5 Å². The summed E-state index contributed by atoms with van der Waals surface area (Å²) in [5, 5.41) is 2.73. The van der Waals surface area contributed by atoms with Crippen LogP contribution in [0.2, 0.25) is 0 Å². The summed E-state index contributed by atoms with van der Waals surface area (Å²) in [6.07, 6.45) is 1.10. The van der Waals surface area contributed by atoms with Gasteiger partial charge in [-0.3, -0.25) is 9.10 Å². The summed E-state index contributed by atoms with van der Waals surface area (Å²) in [7, 11) is -7.64. The number of nitrogens with one attached hydrogen (secondary N) is 1. The zero-order valence-corrected chi connectivity index (χ0v) is 21.7. The van der Waals surface area contributed by atoms with Crippen molar-refractivity contribution in [2.45, 2.75) is 22.8 Å². The van der Waals surface area contributed by atoms with E-state index in [1.54, 1.807) is 19.1 Å². The van der Waals surface area contributed by atoms with Gasteiger partial charge in [-0.2, -0.15) is 0 Å². The van der Waals surface area contributed by atoms with Crippen molar-refractivity contribution in [3.05, 3.63) is 78.1 Å². The minimum atomic E-state index is -4.27. The van der Waals surface area contributed by atoms with Crippen molar-refractivity contribution in [2.75, 3.05) is 30.3 Å². The van der Waals surface area contributed by atoms with E-state index < -0.39 is 44.2 Å². The van der Waals surface area contributed by atoms with Gasteiger partial charge in [0.2, 0.25) is 5.91 Å². The fourth-order valence-electron chi connectivity index (χ4n) is 3.74.